The van der Waals surface area contributed by atoms with Gasteiger partial charge in [0.25, 0.3) is 0 Å². The molecule has 0 bridgehead atoms. The van der Waals surface area contributed by atoms with Crippen LogP contribution < -0.4 is 0 Å². The van der Waals surface area contributed by atoms with E-state index >= 15 is 0 Å². The van der Waals surface area contributed by atoms with Gasteiger partial charge in [0.15, 0.2) is 6.10 Å². The van der Waals surface area contributed by atoms with Gasteiger partial charge in [-0.2, -0.15) is 13.2 Å². The van der Waals surface area contributed by atoms with Crippen molar-refractivity contribution in [1.29, 1.82) is 0 Å². The van der Waals surface area contributed by atoms with Crippen LogP contribution in [0.5, 0.6) is 0 Å². The van der Waals surface area contributed by atoms with Gasteiger partial charge in [0.2, 0.25) is 0 Å². The van der Waals surface area contributed by atoms with Crippen molar-refractivity contribution < 1.29 is 27.1 Å². The van der Waals surface area contributed by atoms with Crippen molar-refractivity contribution in [3.05, 3.63) is 34.9 Å². The predicted molar refractivity (Wildman–Crippen MR) is 42.1 cm³/mol. The number of aryl methyl sites for hydroxylation is 1. The molecule has 0 aliphatic heterocycles. The van der Waals surface area contributed by atoms with E-state index in [1.54, 1.807) is 0 Å². The standard InChI is InChI=1S/C9H7F5O/c1-4-2-5(10)7(6(11)3-4)8(15)9(12,13)14/h2-3,8,15H,1H3/t8-/m0/s1. The largest absolute Gasteiger partial charge is 0.418 e. The second-order valence-corrected chi connectivity index (χ2v) is 3.09. The van der Waals surface area contributed by atoms with Gasteiger partial charge < -0.3 is 5.11 Å². The summed E-state index contributed by atoms with van der Waals surface area (Å²) in [5.74, 6) is -2.81. The third kappa shape index (κ3) is 2.44. The van der Waals surface area contributed by atoms with Gasteiger partial charge in [-0.25, -0.2) is 8.78 Å². The highest BCUT2D eigenvalue weighted by Gasteiger charge is 2.42. The summed E-state index contributed by atoms with van der Waals surface area (Å²) >= 11 is 0. The number of hydrogen-bond donors (Lipinski definition) is 1. The van der Waals surface area contributed by atoms with Crippen molar-refractivity contribution >= 4 is 0 Å². The molecule has 0 aromatic heterocycles. The fraction of sp³-hybridized carbons (Fsp3) is 0.333. The molecule has 0 aliphatic carbocycles. The first-order valence-electron chi connectivity index (χ1n) is 3.94. The Bertz CT molecular complexity index is 348. The SMILES string of the molecule is Cc1cc(F)c([C@H](O)C(F)(F)F)c(F)c1. The van der Waals surface area contributed by atoms with Crippen molar-refractivity contribution in [2.45, 2.75) is 19.2 Å². The Morgan fingerprint density at radius 1 is 1.13 bits per heavy atom. The Balaban J connectivity index is 3.26. The van der Waals surface area contributed by atoms with Gasteiger partial charge in [-0.1, -0.05) is 0 Å². The number of aliphatic hydroxyl groups excluding tert-OH is 1. The summed E-state index contributed by atoms with van der Waals surface area (Å²) in [5, 5.41) is 8.70. The molecule has 0 saturated carbocycles. The van der Waals surface area contributed by atoms with Crippen LogP contribution in [0, 0.1) is 18.6 Å². The van der Waals surface area contributed by atoms with Crippen molar-refractivity contribution in [2.75, 3.05) is 0 Å². The molecule has 1 nitrogen and oxygen atoms in total. The van der Waals surface area contributed by atoms with E-state index in [9.17, 15) is 22.0 Å². The molecule has 0 fully saturated rings. The zero-order valence-electron chi connectivity index (χ0n) is 7.57. The first-order chi connectivity index (χ1) is 6.73. The van der Waals surface area contributed by atoms with Crippen LogP contribution >= 0.6 is 0 Å². The van der Waals surface area contributed by atoms with Gasteiger partial charge in [0, 0.05) is 0 Å². The first kappa shape index (κ1) is 11.9. The third-order valence-electron chi connectivity index (χ3n) is 1.81. The Labute approximate surface area is 82.1 Å². The fourth-order valence-electron chi connectivity index (χ4n) is 1.14. The highest BCUT2D eigenvalue weighted by molar-refractivity contribution is 5.27. The lowest BCUT2D eigenvalue weighted by Crippen LogP contribution is -2.22. The molecule has 6 heteroatoms. The number of benzene rings is 1. The van der Waals surface area contributed by atoms with Crippen LogP contribution in [-0.2, 0) is 0 Å². The molecule has 0 radical (unpaired) electrons. The molecule has 0 unspecified atom stereocenters. The maximum Gasteiger partial charge on any atom is 0.418 e. The smallest absolute Gasteiger partial charge is 0.379 e. The van der Waals surface area contributed by atoms with E-state index in [0.29, 0.717) is 0 Å². The van der Waals surface area contributed by atoms with E-state index in [-0.39, 0.29) is 5.56 Å². The molecular weight excluding hydrogens is 219 g/mol. The number of halogens is 5. The molecular formula is C9H7F5O. The van der Waals surface area contributed by atoms with Crippen LogP contribution in [0.1, 0.15) is 17.2 Å². The molecule has 84 valence electrons. The van der Waals surface area contributed by atoms with Crippen molar-refractivity contribution in [1.82, 2.24) is 0 Å². The maximum atomic E-state index is 13.0. The Kier molecular flexibility index (Phi) is 2.99. The van der Waals surface area contributed by atoms with Crippen molar-refractivity contribution in [3.63, 3.8) is 0 Å². The van der Waals surface area contributed by atoms with Crippen molar-refractivity contribution in [2.24, 2.45) is 0 Å². The minimum atomic E-state index is -5.09. The van der Waals surface area contributed by atoms with Gasteiger partial charge in [-0.05, 0) is 24.6 Å². The highest BCUT2D eigenvalue weighted by atomic mass is 19.4. The quantitative estimate of drug-likeness (QED) is 0.730. The van der Waals surface area contributed by atoms with Crippen LogP contribution in [0.3, 0.4) is 0 Å². The number of rotatable bonds is 1. The number of alkyl halides is 3. The third-order valence-corrected chi connectivity index (χ3v) is 1.81. The van der Waals surface area contributed by atoms with Crippen LogP contribution in [-0.4, -0.2) is 11.3 Å². The topological polar surface area (TPSA) is 20.2 Å². The summed E-state index contributed by atoms with van der Waals surface area (Å²) in [6, 6.07) is 1.46. The zero-order chi connectivity index (χ0) is 11.8. The Morgan fingerprint density at radius 3 is 1.87 bits per heavy atom. The lowest BCUT2D eigenvalue weighted by molar-refractivity contribution is -0.208. The lowest BCUT2D eigenvalue weighted by Gasteiger charge is -2.16. The normalized spacial score (nSPS) is 14.1. The lowest BCUT2D eigenvalue weighted by atomic mass is 10.1. The minimum Gasteiger partial charge on any atom is -0.379 e. The van der Waals surface area contributed by atoms with Crippen LogP contribution in [0.15, 0.2) is 12.1 Å². The molecule has 1 aromatic carbocycles. The average molecular weight is 226 g/mol. The summed E-state index contributed by atoms with van der Waals surface area (Å²) < 4.78 is 62.0. The van der Waals surface area contributed by atoms with Gasteiger partial charge in [0.1, 0.15) is 11.6 Å². The van der Waals surface area contributed by atoms with E-state index in [1.807, 2.05) is 0 Å². The maximum absolute atomic E-state index is 13.0. The van der Waals surface area contributed by atoms with Gasteiger partial charge in [-0.3, -0.25) is 0 Å². The highest BCUT2D eigenvalue weighted by Crippen LogP contribution is 2.35. The molecule has 1 aromatic rings. The molecule has 0 spiro atoms. The monoisotopic (exact) mass is 226 g/mol. The average Bonchev–Trinajstić information content (AvgIpc) is 1.99. The fourth-order valence-corrected chi connectivity index (χ4v) is 1.14. The van der Waals surface area contributed by atoms with Gasteiger partial charge >= 0.3 is 6.18 Å². The van der Waals surface area contributed by atoms with Gasteiger partial charge in [-0.15, -0.1) is 0 Å². The Morgan fingerprint density at radius 2 is 1.53 bits per heavy atom. The second kappa shape index (κ2) is 3.77. The summed E-state index contributed by atoms with van der Waals surface area (Å²) in [6.07, 6.45) is -8.23. The zero-order valence-corrected chi connectivity index (χ0v) is 7.57. The van der Waals surface area contributed by atoms with E-state index in [0.717, 1.165) is 12.1 Å². The first-order valence-corrected chi connectivity index (χ1v) is 3.94. The van der Waals surface area contributed by atoms with Crippen molar-refractivity contribution in [3.8, 4) is 0 Å². The van der Waals surface area contributed by atoms with E-state index in [2.05, 4.69) is 0 Å². The molecule has 0 heterocycles. The summed E-state index contributed by atoms with van der Waals surface area (Å²) in [5.41, 5.74) is -1.23. The second-order valence-electron chi connectivity index (χ2n) is 3.09. The number of hydrogen-bond acceptors (Lipinski definition) is 1. The van der Waals surface area contributed by atoms with Gasteiger partial charge in [0.05, 0.1) is 5.56 Å². The summed E-state index contributed by atoms with van der Waals surface area (Å²) in [7, 11) is 0. The van der Waals surface area contributed by atoms with Crippen LogP contribution in [0.2, 0.25) is 0 Å². The molecule has 1 rings (SSSR count). The van der Waals surface area contributed by atoms with E-state index in [4.69, 9.17) is 5.11 Å². The predicted octanol–water partition coefficient (Wildman–Crippen LogP) is 2.87. The van der Waals surface area contributed by atoms with E-state index in [1.165, 1.54) is 6.92 Å². The molecule has 0 aliphatic rings. The van der Waals surface area contributed by atoms with E-state index < -0.39 is 29.5 Å². The minimum absolute atomic E-state index is 0.142. The summed E-state index contributed by atoms with van der Waals surface area (Å²) in [4.78, 5) is 0. The molecule has 0 saturated heterocycles. The summed E-state index contributed by atoms with van der Waals surface area (Å²) in [6.45, 7) is 1.33. The molecule has 1 N–H and O–H groups in total. The Hall–Kier alpha value is -1.17. The molecule has 15 heavy (non-hydrogen) atoms. The molecule has 0 amide bonds. The number of aliphatic hydroxyl groups is 1. The van der Waals surface area contributed by atoms with Crippen LogP contribution in [0.25, 0.3) is 0 Å². The molecule has 1 atom stereocenters. The van der Waals surface area contributed by atoms with Crippen LogP contribution in [0.4, 0.5) is 22.0 Å².